The summed E-state index contributed by atoms with van der Waals surface area (Å²) in [6, 6.07) is -14.1. The van der Waals surface area contributed by atoms with Gasteiger partial charge in [0.1, 0.15) is 60.5 Å². The van der Waals surface area contributed by atoms with Crippen LogP contribution in [-0.2, 0) is 57.5 Å². The number of carboxylic acids is 1. The minimum absolute atomic E-state index is 0.00960. The van der Waals surface area contributed by atoms with Crippen molar-refractivity contribution < 1.29 is 77.9 Å². The quantitative estimate of drug-likeness (QED) is 0.0374. The van der Waals surface area contributed by atoms with Crippen LogP contribution in [0.25, 0.3) is 0 Å². The molecule has 0 saturated carbocycles. The fourth-order valence-electron chi connectivity index (χ4n) is 8.78. The van der Waals surface area contributed by atoms with E-state index in [0.29, 0.717) is 12.8 Å². The first-order valence-electron chi connectivity index (χ1n) is 28.6. The summed E-state index contributed by atoms with van der Waals surface area (Å²) in [6.45, 7) is 18.5. The highest BCUT2D eigenvalue weighted by molar-refractivity contribution is 5.99. The smallest absolute Gasteiger partial charge is 0.329 e. The van der Waals surface area contributed by atoms with Gasteiger partial charge in [-0.1, -0.05) is 121 Å². The molecular formula is C55H97N9O16. The molecular weight excluding hydrogens is 1040 g/mol. The number of hydrogen-bond acceptors (Lipinski definition) is 15. The summed E-state index contributed by atoms with van der Waals surface area (Å²) in [5, 5.41) is 63.7. The molecule has 25 heteroatoms. The molecule has 1 aliphatic rings. The molecule has 1 heterocycles. The van der Waals surface area contributed by atoms with E-state index in [1.807, 2.05) is 0 Å². The Morgan fingerprint density at radius 2 is 1.04 bits per heavy atom. The lowest BCUT2D eigenvalue weighted by Gasteiger charge is -2.32. The van der Waals surface area contributed by atoms with Crippen molar-refractivity contribution in [1.29, 1.82) is 0 Å². The molecule has 80 heavy (non-hydrogen) atoms. The van der Waals surface area contributed by atoms with Crippen molar-refractivity contribution in [1.82, 2.24) is 47.9 Å². The van der Waals surface area contributed by atoms with Gasteiger partial charge in [-0.05, 0) is 68.6 Å². The molecule has 0 spiro atoms. The van der Waals surface area contributed by atoms with Gasteiger partial charge in [0.05, 0.1) is 25.7 Å². The molecule has 13 N–H and O–H groups in total. The van der Waals surface area contributed by atoms with E-state index in [1.54, 1.807) is 69.2 Å². The van der Waals surface area contributed by atoms with Crippen LogP contribution >= 0.6 is 0 Å². The zero-order chi connectivity index (χ0) is 61.0. The van der Waals surface area contributed by atoms with E-state index in [0.717, 1.165) is 25.7 Å². The van der Waals surface area contributed by atoms with Crippen LogP contribution in [0.2, 0.25) is 0 Å². The molecule has 1 aliphatic heterocycles. The molecule has 25 nitrogen and oxygen atoms in total. The molecule has 9 amide bonds. The normalized spacial score (nSPS) is 24.2. The maximum absolute atomic E-state index is 14.8. The number of ether oxygens (including phenoxy) is 1. The Kier molecular flexibility index (Phi) is 33.5. The molecule has 0 aromatic heterocycles. The number of hydrogen-bond donors (Lipinski definition) is 13. The first-order valence-corrected chi connectivity index (χ1v) is 28.6. The van der Waals surface area contributed by atoms with E-state index >= 15 is 0 Å². The second kappa shape index (κ2) is 37.1. The lowest BCUT2D eigenvalue weighted by atomic mass is 9.96. The molecule has 0 bridgehead atoms. The number of carbonyl (C=O) groups excluding carboxylic acids is 10. The number of amides is 9. The van der Waals surface area contributed by atoms with Gasteiger partial charge in [0.15, 0.2) is 0 Å². The van der Waals surface area contributed by atoms with Crippen molar-refractivity contribution in [2.45, 2.75) is 240 Å². The number of nitrogens with one attached hydrogen (secondary N) is 9. The first kappa shape index (κ1) is 72.1. The van der Waals surface area contributed by atoms with Gasteiger partial charge in [-0.15, -0.1) is 0 Å². The highest BCUT2D eigenvalue weighted by Crippen LogP contribution is 2.17. The molecule has 1 fully saturated rings. The number of unbranched alkanes of at least 4 members (excludes halogenated alkanes) is 4. The highest BCUT2D eigenvalue weighted by atomic mass is 16.5. The van der Waals surface area contributed by atoms with E-state index in [-0.39, 0.29) is 56.3 Å². The number of aliphatic carboxylic acids is 1. The van der Waals surface area contributed by atoms with Gasteiger partial charge in [-0.3, -0.25) is 47.9 Å². The topological polar surface area (TPSA) is 386 Å². The van der Waals surface area contributed by atoms with E-state index in [4.69, 9.17) is 4.74 Å². The summed E-state index contributed by atoms with van der Waals surface area (Å²) in [7, 11) is 0. The number of esters is 1. The third-order valence-electron chi connectivity index (χ3n) is 13.9. The predicted molar refractivity (Wildman–Crippen MR) is 295 cm³/mol. The Morgan fingerprint density at radius 3 is 1.52 bits per heavy atom. The van der Waals surface area contributed by atoms with Gasteiger partial charge in [0.25, 0.3) is 0 Å². The molecule has 0 radical (unpaired) electrons. The number of cyclic esters (lactones) is 1. The predicted octanol–water partition coefficient (Wildman–Crippen LogP) is 0.486. The van der Waals surface area contributed by atoms with Gasteiger partial charge in [-0.25, -0.2) is 4.79 Å². The fraction of sp³-hybridized carbons (Fsp3) is 0.800. The summed E-state index contributed by atoms with van der Waals surface area (Å²) < 4.78 is 5.85. The van der Waals surface area contributed by atoms with E-state index in [1.165, 1.54) is 6.92 Å². The fourth-order valence-corrected chi connectivity index (χ4v) is 8.78. The summed E-state index contributed by atoms with van der Waals surface area (Å²) >= 11 is 0. The van der Waals surface area contributed by atoms with E-state index < -0.39 is 170 Å². The van der Waals surface area contributed by atoms with E-state index in [9.17, 15) is 73.2 Å². The molecule has 13 atom stereocenters. The Morgan fingerprint density at radius 1 is 0.562 bits per heavy atom. The highest BCUT2D eigenvalue weighted by Gasteiger charge is 2.41. The van der Waals surface area contributed by atoms with Gasteiger partial charge in [0, 0.05) is 6.42 Å². The number of rotatable bonds is 28. The lowest BCUT2D eigenvalue weighted by molar-refractivity contribution is -0.158. The van der Waals surface area contributed by atoms with Crippen LogP contribution in [0, 0.1) is 29.6 Å². The largest absolute Gasteiger partial charge is 0.481 e. The standard InChI is InChI=1S/C55H97N9O16/c1-13-16-17-18-19-20-35(67)26-42(68)56-37(23-29(4)5)48(72)57-36(21-22-43(69)70)47(71)64-46-34(12)80-55(79)45(33(11)15-3)63-52(76)41(28-66)61-49(73)38(24-30(6)7)58-51(75)40(27-65)60-50(74)39(25-31(8)9)59-53(77)44(32(10)14-2)62-54(46)78/h29-41,44-46,65-67H,13-28H2,1-12H3,(H,56,68)(H,57,72)(H,58,75)(H,59,77)(H,60,74)(H,61,73)(H,62,78)(H,63,76)(H,64,71)(H,69,70)/t32?,33?,34?,35-,36+,37-,38-,39-,40+,41+,44+,45-,46+/m0/s1. The van der Waals surface area contributed by atoms with Crippen LogP contribution in [0.1, 0.15) is 173 Å². The van der Waals surface area contributed by atoms with Crippen molar-refractivity contribution in [3.8, 4) is 0 Å². The van der Waals surface area contributed by atoms with Crippen LogP contribution in [0.3, 0.4) is 0 Å². The van der Waals surface area contributed by atoms with Gasteiger partial charge >= 0.3 is 11.9 Å². The van der Waals surface area contributed by atoms with Gasteiger partial charge < -0.3 is 73.0 Å². The minimum atomic E-state index is -1.95. The average molecular weight is 1140 g/mol. The SMILES string of the molecule is CCCCCCC[C@H](O)CC(=O)N[C@@H](CC(C)C)C(=O)N[C@H](CCC(=O)O)C(=O)N[C@H]1C(=O)N[C@H](C(C)CC)C(=O)N[C@@H](CC(C)C)C(=O)N[C@H](CO)C(=O)N[C@@H](CC(C)C)C(=O)N[C@H](CO)C(=O)N[C@@H](C(C)CC)C(=O)OC1C. The Hall–Kier alpha value is -5.95. The Bertz CT molecular complexity index is 2040. The maximum Gasteiger partial charge on any atom is 0.329 e. The van der Waals surface area contributed by atoms with Crippen LogP contribution < -0.4 is 47.9 Å². The van der Waals surface area contributed by atoms with Crippen LogP contribution in [0.5, 0.6) is 0 Å². The zero-order valence-corrected chi connectivity index (χ0v) is 49.2. The monoisotopic (exact) mass is 1140 g/mol. The Balaban J connectivity index is 4.04. The van der Waals surface area contributed by atoms with Crippen molar-refractivity contribution in [3.63, 3.8) is 0 Å². The maximum atomic E-state index is 14.8. The summed E-state index contributed by atoms with van der Waals surface area (Å²) in [5.74, 6) is -13.3. The zero-order valence-electron chi connectivity index (χ0n) is 49.2. The number of aliphatic hydroxyl groups excluding tert-OH is 3. The number of carboxylic acid groups (broad SMARTS) is 1. The molecule has 0 aliphatic carbocycles. The van der Waals surface area contributed by atoms with Crippen molar-refractivity contribution in [3.05, 3.63) is 0 Å². The molecule has 1 rings (SSSR count). The van der Waals surface area contributed by atoms with Gasteiger partial charge in [-0.2, -0.15) is 0 Å². The van der Waals surface area contributed by atoms with Crippen LogP contribution in [-0.4, -0.2) is 165 Å². The Labute approximate surface area is 471 Å². The van der Waals surface area contributed by atoms with Gasteiger partial charge in [0.2, 0.25) is 53.2 Å². The second-order valence-electron chi connectivity index (χ2n) is 22.5. The molecule has 458 valence electrons. The van der Waals surface area contributed by atoms with Crippen LogP contribution in [0.15, 0.2) is 0 Å². The number of aliphatic hydroxyl groups is 3. The van der Waals surface area contributed by atoms with Crippen molar-refractivity contribution in [2.24, 2.45) is 29.6 Å². The van der Waals surface area contributed by atoms with Crippen LogP contribution in [0.4, 0.5) is 0 Å². The lowest BCUT2D eigenvalue weighted by Crippen LogP contribution is -2.64. The summed E-state index contributed by atoms with van der Waals surface area (Å²) in [6.07, 6.45) is 1.31. The minimum Gasteiger partial charge on any atom is -0.481 e. The van der Waals surface area contributed by atoms with Crippen molar-refractivity contribution in [2.75, 3.05) is 13.2 Å². The molecule has 3 unspecified atom stereocenters. The van der Waals surface area contributed by atoms with Crippen molar-refractivity contribution >= 4 is 65.1 Å². The summed E-state index contributed by atoms with van der Waals surface area (Å²) in [4.78, 5) is 153. The first-order chi connectivity index (χ1) is 37.5. The third-order valence-corrected chi connectivity index (χ3v) is 13.9. The summed E-state index contributed by atoms with van der Waals surface area (Å²) in [5.41, 5.74) is 0. The second-order valence-corrected chi connectivity index (χ2v) is 22.5. The molecule has 0 aromatic carbocycles. The van der Waals surface area contributed by atoms with E-state index in [2.05, 4.69) is 54.8 Å². The third kappa shape index (κ3) is 26.1. The average Bonchev–Trinajstić information content (AvgIpc) is 3.38. The number of carbonyl (C=O) groups is 11. The molecule has 1 saturated heterocycles. The molecule has 0 aromatic rings.